The molecule has 0 fully saturated rings. The van der Waals surface area contributed by atoms with Crippen LogP contribution in [0.5, 0.6) is 0 Å². The van der Waals surface area contributed by atoms with Gasteiger partial charge in [-0.1, -0.05) is 25.4 Å². The average Bonchev–Trinajstić information content (AvgIpc) is 2.33. The second-order valence-electron chi connectivity index (χ2n) is 6.28. The number of carbonyl (C=O) groups excluding carboxylic acids is 1. The Bertz CT molecular complexity index is 499. The number of halogens is 2. The fourth-order valence-electron chi connectivity index (χ4n) is 1.81. The Hall–Kier alpha value is -1.000. The van der Waals surface area contributed by atoms with Crippen LogP contribution in [-0.4, -0.2) is 16.6 Å². The smallest absolute Gasteiger partial charge is 0.408 e. The quantitative estimate of drug-likeness (QED) is 0.813. The topological polar surface area (TPSA) is 51.2 Å². The summed E-state index contributed by atoms with van der Waals surface area (Å²) in [4.78, 5) is 16.3. The maximum Gasteiger partial charge on any atom is 0.408 e. The van der Waals surface area contributed by atoms with E-state index in [2.05, 4.69) is 10.3 Å². The first-order valence-corrected chi connectivity index (χ1v) is 7.74. The number of alkyl halides is 1. The zero-order valence-corrected chi connectivity index (χ0v) is 14.5. The zero-order chi connectivity index (χ0) is 16.2. The number of hydrogen-bond donors (Lipinski definition) is 1. The molecule has 1 N–H and O–H groups in total. The van der Waals surface area contributed by atoms with E-state index in [4.69, 9.17) is 27.9 Å². The van der Waals surface area contributed by atoms with Gasteiger partial charge in [-0.25, -0.2) is 4.79 Å². The van der Waals surface area contributed by atoms with E-state index in [1.807, 2.05) is 34.6 Å². The number of rotatable bonds is 4. The van der Waals surface area contributed by atoms with Crippen molar-refractivity contribution in [1.82, 2.24) is 10.3 Å². The van der Waals surface area contributed by atoms with E-state index >= 15 is 0 Å². The molecule has 0 unspecified atom stereocenters. The lowest BCUT2D eigenvalue weighted by Gasteiger charge is -2.26. The van der Waals surface area contributed by atoms with Gasteiger partial charge in [0, 0.05) is 17.6 Å². The number of ether oxygens (including phenoxy) is 1. The largest absolute Gasteiger partial charge is 0.439 e. The van der Waals surface area contributed by atoms with Gasteiger partial charge in [0.05, 0.1) is 10.7 Å². The Morgan fingerprint density at radius 2 is 2.05 bits per heavy atom. The molecule has 0 saturated heterocycles. The molecule has 1 heterocycles. The molecule has 118 valence electrons. The predicted molar refractivity (Wildman–Crippen MR) is 85.8 cm³/mol. The minimum atomic E-state index is -0.474. The minimum absolute atomic E-state index is 0.0614. The summed E-state index contributed by atoms with van der Waals surface area (Å²) in [7, 11) is 0. The van der Waals surface area contributed by atoms with E-state index in [1.165, 1.54) is 6.20 Å². The number of aromatic nitrogens is 1. The fraction of sp³-hybridized carbons (Fsp3) is 0.600. The highest BCUT2D eigenvalue weighted by molar-refractivity contribution is 6.30. The van der Waals surface area contributed by atoms with Crippen molar-refractivity contribution in [2.45, 2.75) is 52.1 Å². The van der Waals surface area contributed by atoms with Crippen molar-refractivity contribution < 1.29 is 9.53 Å². The second-order valence-corrected chi connectivity index (χ2v) is 6.98. The van der Waals surface area contributed by atoms with Gasteiger partial charge in [0.25, 0.3) is 0 Å². The first kappa shape index (κ1) is 18.1. The summed E-state index contributed by atoms with van der Waals surface area (Å²) >= 11 is 11.9. The van der Waals surface area contributed by atoms with Crippen LogP contribution in [0.4, 0.5) is 4.79 Å². The fourth-order valence-corrected chi connectivity index (χ4v) is 2.21. The van der Waals surface area contributed by atoms with Crippen LogP contribution in [0.15, 0.2) is 12.3 Å². The lowest BCUT2D eigenvalue weighted by Crippen LogP contribution is -2.41. The van der Waals surface area contributed by atoms with Gasteiger partial charge in [-0.05, 0) is 38.3 Å². The van der Waals surface area contributed by atoms with Gasteiger partial charge >= 0.3 is 6.09 Å². The van der Waals surface area contributed by atoms with Gasteiger partial charge < -0.3 is 10.1 Å². The Kier molecular flexibility index (Phi) is 6.29. The molecular formula is C15H22Cl2N2O2. The summed E-state index contributed by atoms with van der Waals surface area (Å²) in [6.07, 6.45) is 0.588. The molecule has 1 amide bonds. The van der Waals surface area contributed by atoms with Crippen molar-refractivity contribution in [3.05, 3.63) is 28.5 Å². The van der Waals surface area contributed by atoms with Crippen molar-refractivity contribution in [3.8, 4) is 0 Å². The number of pyridine rings is 1. The van der Waals surface area contributed by atoms with Gasteiger partial charge in [-0.2, -0.15) is 0 Å². The SMILES string of the molecule is CC(C)[C@@H](OC(=O)NC(C)(C)C)c1ncc(Cl)cc1CCl. The number of amides is 1. The first-order valence-electron chi connectivity index (χ1n) is 6.83. The van der Waals surface area contributed by atoms with Crippen molar-refractivity contribution in [2.24, 2.45) is 5.92 Å². The maximum atomic E-state index is 12.0. The number of nitrogens with zero attached hydrogens (tertiary/aromatic N) is 1. The third kappa shape index (κ3) is 5.71. The van der Waals surface area contributed by atoms with Gasteiger partial charge in [0.15, 0.2) is 0 Å². The van der Waals surface area contributed by atoms with E-state index in [0.29, 0.717) is 10.7 Å². The third-order valence-corrected chi connectivity index (χ3v) is 3.19. The van der Waals surface area contributed by atoms with Crippen LogP contribution in [0.1, 0.15) is 52.0 Å². The summed E-state index contributed by atoms with van der Waals surface area (Å²) < 4.78 is 5.54. The molecule has 1 aromatic rings. The molecule has 0 spiro atoms. The van der Waals surface area contributed by atoms with Crippen LogP contribution in [0.3, 0.4) is 0 Å². The summed E-state index contributed by atoms with van der Waals surface area (Å²) in [6, 6.07) is 1.75. The molecule has 1 aromatic heterocycles. The highest BCUT2D eigenvalue weighted by atomic mass is 35.5. The molecule has 0 aliphatic carbocycles. The predicted octanol–water partition coefficient (Wildman–Crippen LogP) is 4.70. The second kappa shape index (κ2) is 7.32. The number of alkyl carbamates (subject to hydrolysis) is 1. The maximum absolute atomic E-state index is 12.0. The molecule has 0 saturated carbocycles. The Balaban J connectivity index is 3.00. The van der Waals surface area contributed by atoms with E-state index < -0.39 is 12.2 Å². The van der Waals surface area contributed by atoms with Gasteiger partial charge in [0.1, 0.15) is 6.10 Å². The molecule has 1 rings (SSSR count). The minimum Gasteiger partial charge on any atom is -0.439 e. The van der Waals surface area contributed by atoms with E-state index in [-0.39, 0.29) is 17.3 Å². The molecule has 0 aliphatic heterocycles. The monoisotopic (exact) mass is 332 g/mol. The van der Waals surface area contributed by atoms with Crippen LogP contribution in [0.25, 0.3) is 0 Å². The Morgan fingerprint density at radius 3 is 2.52 bits per heavy atom. The standard InChI is InChI=1S/C15H22Cl2N2O2/c1-9(2)13(21-14(20)19-15(3,4)5)12-10(7-16)6-11(17)8-18-12/h6,8-9,13H,7H2,1-5H3,(H,19,20)/t13-/m1/s1. The lowest BCUT2D eigenvalue weighted by atomic mass is 10.00. The van der Waals surface area contributed by atoms with Crippen molar-refractivity contribution >= 4 is 29.3 Å². The average molecular weight is 333 g/mol. The zero-order valence-electron chi connectivity index (χ0n) is 13.0. The third-order valence-electron chi connectivity index (χ3n) is 2.70. The molecule has 6 heteroatoms. The summed E-state index contributed by atoms with van der Waals surface area (Å²) in [5, 5.41) is 3.29. The summed E-state index contributed by atoms with van der Waals surface area (Å²) in [5.41, 5.74) is 1.06. The van der Waals surface area contributed by atoms with Crippen LogP contribution in [0.2, 0.25) is 5.02 Å². The van der Waals surface area contributed by atoms with Crippen LogP contribution >= 0.6 is 23.2 Å². The van der Waals surface area contributed by atoms with Gasteiger partial charge in [-0.3, -0.25) is 4.98 Å². The van der Waals surface area contributed by atoms with E-state index in [0.717, 1.165) is 5.56 Å². The van der Waals surface area contributed by atoms with Crippen LogP contribution < -0.4 is 5.32 Å². The highest BCUT2D eigenvalue weighted by Gasteiger charge is 2.26. The lowest BCUT2D eigenvalue weighted by molar-refractivity contribution is 0.0627. The van der Waals surface area contributed by atoms with Crippen LogP contribution in [0, 0.1) is 5.92 Å². The normalized spacial score (nSPS) is 13.1. The van der Waals surface area contributed by atoms with Crippen molar-refractivity contribution in [1.29, 1.82) is 0 Å². The Labute approximate surface area is 136 Å². The number of nitrogens with one attached hydrogen (secondary N) is 1. The van der Waals surface area contributed by atoms with E-state index in [1.54, 1.807) is 6.07 Å². The molecule has 0 aromatic carbocycles. The molecule has 21 heavy (non-hydrogen) atoms. The number of hydrogen-bond acceptors (Lipinski definition) is 3. The van der Waals surface area contributed by atoms with Gasteiger partial charge in [0.2, 0.25) is 0 Å². The van der Waals surface area contributed by atoms with Crippen LogP contribution in [-0.2, 0) is 10.6 Å². The van der Waals surface area contributed by atoms with Crippen molar-refractivity contribution in [2.75, 3.05) is 0 Å². The molecule has 0 aliphatic rings. The van der Waals surface area contributed by atoms with Gasteiger partial charge in [-0.15, -0.1) is 11.6 Å². The van der Waals surface area contributed by atoms with E-state index in [9.17, 15) is 4.79 Å². The highest BCUT2D eigenvalue weighted by Crippen LogP contribution is 2.29. The summed E-state index contributed by atoms with van der Waals surface area (Å²) in [6.45, 7) is 9.60. The number of carbonyl (C=O) groups is 1. The molecule has 0 radical (unpaired) electrons. The first-order chi connectivity index (χ1) is 9.64. The molecule has 0 bridgehead atoms. The molecule has 4 nitrogen and oxygen atoms in total. The molecule has 1 atom stereocenters. The van der Waals surface area contributed by atoms with Crippen molar-refractivity contribution in [3.63, 3.8) is 0 Å². The Morgan fingerprint density at radius 1 is 1.43 bits per heavy atom. The molecular weight excluding hydrogens is 311 g/mol. The summed E-state index contributed by atoms with van der Waals surface area (Å²) in [5.74, 6) is 0.322.